The van der Waals surface area contributed by atoms with Crippen LogP contribution in [0.4, 0.5) is 0 Å². The molecule has 9 heavy (non-hydrogen) atoms. The largest absolute Gasteiger partial charge is 0.366 e. The summed E-state index contributed by atoms with van der Waals surface area (Å²) in [5.74, 6) is -0.424. The second kappa shape index (κ2) is 1.84. The van der Waals surface area contributed by atoms with Crippen molar-refractivity contribution in [3.63, 3.8) is 0 Å². The summed E-state index contributed by atoms with van der Waals surface area (Å²) in [5.41, 5.74) is 10.2. The van der Waals surface area contributed by atoms with E-state index in [0.717, 1.165) is 12.8 Å². The second-order valence-corrected chi connectivity index (χ2v) is 2.47. The highest BCUT2D eigenvalue weighted by Gasteiger charge is 2.34. The second-order valence-electron chi connectivity index (χ2n) is 2.47. The molecule has 0 aromatic carbocycles. The summed E-state index contributed by atoms with van der Waals surface area (Å²) < 4.78 is 0. The van der Waals surface area contributed by atoms with Crippen molar-refractivity contribution in [2.45, 2.75) is 18.4 Å². The molecule has 1 aliphatic rings. The van der Waals surface area contributed by atoms with Crippen molar-refractivity contribution in [2.75, 3.05) is 0 Å². The maximum absolute atomic E-state index is 10.2. The minimum Gasteiger partial charge on any atom is -0.366 e. The van der Waals surface area contributed by atoms with Crippen molar-refractivity contribution in [3.05, 3.63) is 12.2 Å². The Bertz CT molecular complexity index is 158. The number of hydrogen-bond donors (Lipinski definition) is 2. The lowest BCUT2D eigenvalue weighted by Gasteiger charge is -1.95. The summed E-state index contributed by atoms with van der Waals surface area (Å²) in [7, 11) is 0. The highest BCUT2D eigenvalue weighted by Crippen LogP contribution is 2.33. The van der Waals surface area contributed by atoms with Crippen LogP contribution in [-0.4, -0.2) is 11.4 Å². The van der Waals surface area contributed by atoms with Gasteiger partial charge in [0.05, 0.1) is 0 Å². The summed E-state index contributed by atoms with van der Waals surface area (Å²) in [5, 5.41) is 0. The van der Waals surface area contributed by atoms with Gasteiger partial charge in [0, 0.05) is 11.6 Å². The average molecular weight is 126 g/mol. The van der Waals surface area contributed by atoms with E-state index in [2.05, 4.69) is 0 Å². The predicted molar refractivity (Wildman–Crippen MR) is 34.5 cm³/mol. The van der Waals surface area contributed by atoms with Crippen LogP contribution in [0.25, 0.3) is 0 Å². The molecule has 3 nitrogen and oxygen atoms in total. The quantitative estimate of drug-likeness (QED) is 0.490. The fourth-order valence-electron chi connectivity index (χ4n) is 0.559. The van der Waals surface area contributed by atoms with E-state index in [4.69, 9.17) is 11.5 Å². The number of nitrogens with two attached hydrogens (primary N) is 2. The van der Waals surface area contributed by atoms with Crippen molar-refractivity contribution < 1.29 is 4.79 Å². The average Bonchev–Trinajstić information content (AvgIpc) is 2.45. The van der Waals surface area contributed by atoms with Crippen LogP contribution in [0.1, 0.15) is 12.8 Å². The third kappa shape index (κ3) is 1.85. The molecule has 0 unspecified atom stereocenters. The molecule has 1 saturated carbocycles. The van der Waals surface area contributed by atoms with Gasteiger partial charge in [-0.05, 0) is 12.8 Å². The molecule has 1 rings (SSSR count). The van der Waals surface area contributed by atoms with Crippen LogP contribution < -0.4 is 11.5 Å². The highest BCUT2D eigenvalue weighted by atomic mass is 16.1. The zero-order valence-corrected chi connectivity index (χ0v) is 5.13. The molecule has 1 amide bonds. The van der Waals surface area contributed by atoms with E-state index in [1.165, 1.54) is 6.08 Å². The Balaban J connectivity index is 2.40. The highest BCUT2D eigenvalue weighted by molar-refractivity contribution is 5.86. The molecule has 0 radical (unpaired) electrons. The van der Waals surface area contributed by atoms with Gasteiger partial charge in [-0.3, -0.25) is 4.79 Å². The van der Waals surface area contributed by atoms with Gasteiger partial charge < -0.3 is 11.5 Å². The first-order chi connectivity index (χ1) is 4.12. The third-order valence-corrected chi connectivity index (χ3v) is 1.41. The van der Waals surface area contributed by atoms with Gasteiger partial charge in [-0.25, -0.2) is 0 Å². The van der Waals surface area contributed by atoms with Crippen LogP contribution in [-0.2, 0) is 4.79 Å². The van der Waals surface area contributed by atoms with Gasteiger partial charge in [0.15, 0.2) is 0 Å². The van der Waals surface area contributed by atoms with Crippen molar-refractivity contribution in [3.8, 4) is 0 Å². The molecule has 0 atom stereocenters. The molecule has 50 valence electrons. The van der Waals surface area contributed by atoms with Crippen LogP contribution in [0.3, 0.4) is 0 Å². The molecule has 0 aromatic heterocycles. The first-order valence-corrected chi connectivity index (χ1v) is 2.90. The van der Waals surface area contributed by atoms with Gasteiger partial charge >= 0.3 is 0 Å². The number of hydrogen-bond acceptors (Lipinski definition) is 2. The number of carbonyl (C=O) groups is 1. The van der Waals surface area contributed by atoms with Crippen LogP contribution in [0.5, 0.6) is 0 Å². The summed E-state index contributed by atoms with van der Waals surface area (Å²) >= 11 is 0. The van der Waals surface area contributed by atoms with Crippen molar-refractivity contribution in [1.82, 2.24) is 0 Å². The SMILES string of the molecule is NC(=O)C=CC1(N)CC1. The molecule has 0 saturated heterocycles. The van der Waals surface area contributed by atoms with Gasteiger partial charge in [-0.2, -0.15) is 0 Å². The smallest absolute Gasteiger partial charge is 0.241 e. The zero-order chi connectivity index (χ0) is 6.91. The van der Waals surface area contributed by atoms with E-state index < -0.39 is 5.91 Å². The van der Waals surface area contributed by atoms with E-state index in [9.17, 15) is 4.79 Å². The topological polar surface area (TPSA) is 69.1 Å². The lowest BCUT2D eigenvalue weighted by atomic mass is 10.2. The Morgan fingerprint density at radius 3 is 2.44 bits per heavy atom. The molecule has 1 fully saturated rings. The lowest BCUT2D eigenvalue weighted by molar-refractivity contribution is -0.113. The Morgan fingerprint density at radius 1 is 1.56 bits per heavy atom. The molecular formula is C6H10N2O. The molecular weight excluding hydrogens is 116 g/mol. The fourth-order valence-corrected chi connectivity index (χ4v) is 0.559. The van der Waals surface area contributed by atoms with Crippen LogP contribution >= 0.6 is 0 Å². The lowest BCUT2D eigenvalue weighted by Crippen LogP contribution is -2.19. The Kier molecular flexibility index (Phi) is 1.29. The van der Waals surface area contributed by atoms with Crippen molar-refractivity contribution >= 4 is 5.91 Å². The molecule has 0 bridgehead atoms. The maximum atomic E-state index is 10.2. The summed E-state index contributed by atoms with van der Waals surface area (Å²) in [6, 6.07) is 0. The van der Waals surface area contributed by atoms with E-state index in [0.29, 0.717) is 0 Å². The molecule has 3 heteroatoms. The van der Waals surface area contributed by atoms with E-state index in [-0.39, 0.29) is 5.54 Å². The molecule has 0 aromatic rings. The number of amides is 1. The maximum Gasteiger partial charge on any atom is 0.241 e. The molecule has 1 aliphatic carbocycles. The number of carbonyl (C=O) groups excluding carboxylic acids is 1. The van der Waals surface area contributed by atoms with Crippen LogP contribution in [0.15, 0.2) is 12.2 Å². The third-order valence-electron chi connectivity index (χ3n) is 1.41. The van der Waals surface area contributed by atoms with Crippen LogP contribution in [0, 0.1) is 0 Å². The standard InChI is InChI=1S/C6H10N2O/c7-5(9)1-2-6(8)3-4-6/h1-2H,3-4,8H2,(H2,7,9). The summed E-state index contributed by atoms with van der Waals surface area (Å²) in [6.45, 7) is 0. The molecule has 4 N–H and O–H groups in total. The molecule has 0 aliphatic heterocycles. The van der Waals surface area contributed by atoms with Gasteiger partial charge in [0.25, 0.3) is 0 Å². The summed E-state index contributed by atoms with van der Waals surface area (Å²) in [4.78, 5) is 10.2. The minimum atomic E-state index is -0.424. The number of primary amides is 1. The fraction of sp³-hybridized carbons (Fsp3) is 0.500. The Hall–Kier alpha value is -0.830. The Labute approximate surface area is 53.7 Å². The number of rotatable bonds is 2. The van der Waals surface area contributed by atoms with Crippen LogP contribution in [0.2, 0.25) is 0 Å². The van der Waals surface area contributed by atoms with Crippen molar-refractivity contribution in [1.29, 1.82) is 0 Å². The van der Waals surface area contributed by atoms with Crippen molar-refractivity contribution in [2.24, 2.45) is 11.5 Å². The zero-order valence-electron chi connectivity index (χ0n) is 5.13. The summed E-state index contributed by atoms with van der Waals surface area (Å²) in [6.07, 6.45) is 4.94. The van der Waals surface area contributed by atoms with E-state index in [1.807, 2.05) is 0 Å². The minimum absolute atomic E-state index is 0.199. The van der Waals surface area contributed by atoms with Gasteiger partial charge in [-0.15, -0.1) is 0 Å². The van der Waals surface area contributed by atoms with Gasteiger partial charge in [0.2, 0.25) is 5.91 Å². The van der Waals surface area contributed by atoms with E-state index >= 15 is 0 Å². The normalized spacial score (nSPS) is 22.3. The monoisotopic (exact) mass is 126 g/mol. The molecule has 0 spiro atoms. The van der Waals surface area contributed by atoms with Gasteiger partial charge in [0.1, 0.15) is 0 Å². The first kappa shape index (κ1) is 6.29. The first-order valence-electron chi connectivity index (χ1n) is 2.90. The van der Waals surface area contributed by atoms with E-state index in [1.54, 1.807) is 6.08 Å². The molecule has 0 heterocycles. The predicted octanol–water partition coefficient (Wildman–Crippen LogP) is -0.481. The van der Waals surface area contributed by atoms with Gasteiger partial charge in [-0.1, -0.05) is 6.08 Å². The Morgan fingerprint density at radius 2 is 2.11 bits per heavy atom.